The molecule has 3 heterocycles. The molecule has 1 aromatic carbocycles. The van der Waals surface area contributed by atoms with E-state index in [0.29, 0.717) is 17.1 Å². The minimum absolute atomic E-state index is 0.00118. The van der Waals surface area contributed by atoms with E-state index in [2.05, 4.69) is 36.2 Å². The number of fused-ring (bicyclic) bond motifs is 1. The summed E-state index contributed by atoms with van der Waals surface area (Å²) in [6.45, 7) is 1.58. The van der Waals surface area contributed by atoms with Gasteiger partial charge in [-0.05, 0) is 30.7 Å². The Morgan fingerprint density at radius 1 is 1.15 bits per heavy atom. The molecule has 4 rings (SSSR count). The van der Waals surface area contributed by atoms with E-state index >= 15 is 0 Å². The van der Waals surface area contributed by atoms with Gasteiger partial charge in [-0.25, -0.2) is 8.42 Å². The van der Waals surface area contributed by atoms with Gasteiger partial charge < -0.3 is 0 Å². The Balaban J connectivity index is 1.55. The molecule has 0 aliphatic carbocycles. The Bertz CT molecular complexity index is 1200. The highest BCUT2D eigenvalue weighted by Gasteiger charge is 2.12. The van der Waals surface area contributed by atoms with E-state index in [0.717, 1.165) is 27.0 Å². The van der Waals surface area contributed by atoms with Gasteiger partial charge in [0, 0.05) is 23.6 Å². The summed E-state index contributed by atoms with van der Waals surface area (Å²) in [5.41, 5.74) is 3.25. The zero-order chi connectivity index (χ0) is 18.9. The largest absolute Gasteiger partial charge is 0.282 e. The van der Waals surface area contributed by atoms with Crippen molar-refractivity contribution in [1.82, 2.24) is 25.4 Å². The van der Waals surface area contributed by atoms with Crippen molar-refractivity contribution >= 4 is 38.0 Å². The van der Waals surface area contributed by atoms with Crippen molar-refractivity contribution in [3.8, 4) is 10.6 Å². The minimum atomic E-state index is -3.35. The third-order valence-electron chi connectivity index (χ3n) is 3.97. The van der Waals surface area contributed by atoms with E-state index in [1.807, 2.05) is 12.1 Å². The lowest BCUT2D eigenvalue weighted by atomic mass is 10.1. The van der Waals surface area contributed by atoms with Crippen LogP contribution in [-0.4, -0.2) is 39.5 Å². The van der Waals surface area contributed by atoms with Crippen LogP contribution in [0.2, 0.25) is 0 Å². The highest BCUT2D eigenvalue weighted by molar-refractivity contribution is 7.92. The van der Waals surface area contributed by atoms with Gasteiger partial charge in [-0.15, -0.1) is 10.2 Å². The van der Waals surface area contributed by atoms with Gasteiger partial charge in [0.1, 0.15) is 10.0 Å². The molecule has 10 heteroatoms. The fourth-order valence-corrected chi connectivity index (χ4v) is 4.05. The molecule has 2 N–H and O–H groups in total. The maximum absolute atomic E-state index is 11.7. The number of hydrogen-bond acceptors (Lipinski definition) is 7. The fraction of sp³-hybridized carbons (Fsp3) is 0.176. The van der Waals surface area contributed by atoms with Gasteiger partial charge in [-0.3, -0.25) is 14.8 Å². The Hall–Kier alpha value is -2.85. The van der Waals surface area contributed by atoms with E-state index in [9.17, 15) is 8.42 Å². The Labute approximate surface area is 159 Å². The summed E-state index contributed by atoms with van der Waals surface area (Å²) in [4.78, 5) is 4.10. The molecule has 27 heavy (non-hydrogen) atoms. The molecule has 0 aliphatic rings. The van der Waals surface area contributed by atoms with Crippen LogP contribution in [0.1, 0.15) is 17.5 Å². The average molecular weight is 400 g/mol. The van der Waals surface area contributed by atoms with E-state index in [-0.39, 0.29) is 5.75 Å². The summed E-state index contributed by atoms with van der Waals surface area (Å²) >= 11 is 1.46. The maximum Gasteiger partial charge on any atom is 0.232 e. The molecular weight excluding hydrogens is 384 g/mol. The quantitative estimate of drug-likeness (QED) is 0.514. The molecule has 0 bridgehead atoms. The highest BCUT2D eigenvalue weighted by atomic mass is 32.2. The number of benzene rings is 1. The van der Waals surface area contributed by atoms with Crippen LogP contribution in [0.4, 0.5) is 5.69 Å². The van der Waals surface area contributed by atoms with Gasteiger partial charge >= 0.3 is 0 Å². The van der Waals surface area contributed by atoms with Crippen molar-refractivity contribution in [1.29, 1.82) is 0 Å². The molecule has 138 valence electrons. The minimum Gasteiger partial charge on any atom is -0.282 e. The van der Waals surface area contributed by atoms with Crippen LogP contribution in [0.15, 0.2) is 42.9 Å². The van der Waals surface area contributed by atoms with Crippen molar-refractivity contribution < 1.29 is 8.42 Å². The summed E-state index contributed by atoms with van der Waals surface area (Å²) in [6, 6.07) is 7.81. The molecule has 4 aromatic rings. The van der Waals surface area contributed by atoms with Gasteiger partial charge in [-0.1, -0.05) is 17.4 Å². The zero-order valence-electron chi connectivity index (χ0n) is 14.4. The van der Waals surface area contributed by atoms with Crippen molar-refractivity contribution in [2.24, 2.45) is 0 Å². The summed E-state index contributed by atoms with van der Waals surface area (Å²) < 4.78 is 25.9. The summed E-state index contributed by atoms with van der Waals surface area (Å²) in [5.74, 6) is 0.00118. The fourth-order valence-electron chi connectivity index (χ4n) is 2.58. The molecule has 0 spiro atoms. The monoisotopic (exact) mass is 400 g/mol. The van der Waals surface area contributed by atoms with Crippen molar-refractivity contribution in [3.63, 3.8) is 0 Å². The lowest BCUT2D eigenvalue weighted by molar-refractivity contribution is 0.602. The molecule has 0 atom stereocenters. The number of nitrogens with one attached hydrogen (secondary N) is 2. The highest BCUT2D eigenvalue weighted by Crippen LogP contribution is 2.27. The molecule has 0 aliphatic heterocycles. The number of hydrogen-bond donors (Lipinski definition) is 2. The first-order valence-electron chi connectivity index (χ1n) is 8.23. The first-order valence-corrected chi connectivity index (χ1v) is 10.7. The van der Waals surface area contributed by atoms with Gasteiger partial charge in [0.2, 0.25) is 10.0 Å². The standard InChI is InChI=1S/C17H16N6O2S2/c1-2-27(24,25)23-14-7-13(8-18-10-14)17-22-21-16(26-17)6-11-3-4-15-12(5-11)9-19-20-15/h3-5,7-10,23H,2,6H2,1H3,(H,19,20). The number of nitrogens with zero attached hydrogens (tertiary/aromatic N) is 4. The molecule has 0 unspecified atom stereocenters. The van der Waals surface area contributed by atoms with Gasteiger partial charge in [0.15, 0.2) is 0 Å². The summed E-state index contributed by atoms with van der Waals surface area (Å²) in [7, 11) is -3.35. The van der Waals surface area contributed by atoms with Crippen LogP contribution in [0.3, 0.4) is 0 Å². The van der Waals surface area contributed by atoms with Crippen LogP contribution in [0, 0.1) is 0 Å². The Morgan fingerprint density at radius 3 is 2.89 bits per heavy atom. The van der Waals surface area contributed by atoms with Gasteiger partial charge in [0.05, 0.1) is 29.4 Å². The first-order chi connectivity index (χ1) is 13.0. The second-order valence-corrected chi connectivity index (χ2v) is 9.01. The molecule has 0 radical (unpaired) electrons. The smallest absolute Gasteiger partial charge is 0.232 e. The van der Waals surface area contributed by atoms with E-state index in [1.54, 1.807) is 25.4 Å². The van der Waals surface area contributed by atoms with E-state index < -0.39 is 10.0 Å². The second kappa shape index (κ2) is 7.05. The number of anilines is 1. The van der Waals surface area contributed by atoms with E-state index in [1.165, 1.54) is 17.5 Å². The van der Waals surface area contributed by atoms with Crippen LogP contribution in [0.25, 0.3) is 21.5 Å². The molecule has 0 fully saturated rings. The summed E-state index contributed by atoms with van der Waals surface area (Å²) in [5, 5.41) is 18.1. The second-order valence-electron chi connectivity index (χ2n) is 5.94. The van der Waals surface area contributed by atoms with Gasteiger partial charge in [-0.2, -0.15) is 5.10 Å². The third-order valence-corrected chi connectivity index (χ3v) is 6.24. The van der Waals surface area contributed by atoms with Crippen LogP contribution in [-0.2, 0) is 16.4 Å². The van der Waals surface area contributed by atoms with Crippen LogP contribution < -0.4 is 4.72 Å². The molecular formula is C17H16N6O2S2. The number of sulfonamides is 1. The molecule has 0 saturated carbocycles. The van der Waals surface area contributed by atoms with Crippen molar-refractivity contribution in [3.05, 3.63) is 53.4 Å². The SMILES string of the molecule is CCS(=O)(=O)Nc1cncc(-c2nnc(Cc3ccc4[nH]ncc4c3)s2)c1. The van der Waals surface area contributed by atoms with Crippen molar-refractivity contribution in [2.45, 2.75) is 13.3 Å². The Kier molecular flexibility index (Phi) is 4.58. The number of pyridine rings is 1. The molecule has 0 saturated heterocycles. The van der Waals surface area contributed by atoms with Crippen LogP contribution >= 0.6 is 11.3 Å². The number of rotatable bonds is 6. The lowest BCUT2D eigenvalue weighted by Gasteiger charge is -2.05. The predicted molar refractivity (Wildman–Crippen MR) is 105 cm³/mol. The van der Waals surface area contributed by atoms with Crippen LogP contribution in [0.5, 0.6) is 0 Å². The van der Waals surface area contributed by atoms with Crippen molar-refractivity contribution in [2.75, 3.05) is 10.5 Å². The topological polar surface area (TPSA) is 114 Å². The molecule has 0 amide bonds. The molecule has 3 aromatic heterocycles. The number of aromatic nitrogens is 5. The van der Waals surface area contributed by atoms with Gasteiger partial charge in [0.25, 0.3) is 0 Å². The summed E-state index contributed by atoms with van der Waals surface area (Å²) in [6.07, 6.45) is 5.57. The average Bonchev–Trinajstić information content (AvgIpc) is 3.30. The Morgan fingerprint density at radius 2 is 2.04 bits per heavy atom. The number of H-pyrrole nitrogens is 1. The molecule has 8 nitrogen and oxygen atoms in total. The lowest BCUT2D eigenvalue weighted by Crippen LogP contribution is -2.14. The zero-order valence-corrected chi connectivity index (χ0v) is 16.0. The van der Waals surface area contributed by atoms with E-state index in [4.69, 9.17) is 0 Å². The number of aromatic amines is 1. The predicted octanol–water partition coefficient (Wildman–Crippen LogP) is 2.83. The normalized spacial score (nSPS) is 11.7. The maximum atomic E-state index is 11.7. The first kappa shape index (κ1) is 17.6. The third kappa shape index (κ3) is 3.96.